The highest BCUT2D eigenvalue weighted by molar-refractivity contribution is 6.06. The highest BCUT2D eigenvalue weighted by Gasteiger charge is 2.46. The normalized spacial score (nSPS) is 27.6. The molecule has 1 heterocycles. The Morgan fingerprint density at radius 3 is 2.45 bits per heavy atom. The van der Waals surface area contributed by atoms with Gasteiger partial charge in [0.2, 0.25) is 0 Å². The van der Waals surface area contributed by atoms with Gasteiger partial charge in [-0.2, -0.15) is 0 Å². The van der Waals surface area contributed by atoms with Crippen molar-refractivity contribution in [2.45, 2.75) is 38.0 Å². The van der Waals surface area contributed by atoms with Gasteiger partial charge >= 0.3 is 5.97 Å². The van der Waals surface area contributed by atoms with E-state index in [1.807, 2.05) is 5.32 Å². The summed E-state index contributed by atoms with van der Waals surface area (Å²) in [5, 5.41) is 1.83. The molecule has 4 unspecified atom stereocenters. The average Bonchev–Trinajstić information content (AvgIpc) is 2.72. The second-order valence-corrected chi connectivity index (χ2v) is 4.93. The molecule has 0 bridgehead atoms. The standard InChI is InChI=1S/C15H16F3NO3/c1-2-22-11(21)7-10(20)8-5-3-4-6-9(8)12-13(16)15(18)19-14(12)17/h3-6,12-15,19H,2,7H2,1H3. The van der Waals surface area contributed by atoms with Gasteiger partial charge in [0.15, 0.2) is 24.5 Å². The van der Waals surface area contributed by atoms with Crippen molar-refractivity contribution >= 4 is 11.8 Å². The second kappa shape index (κ2) is 6.91. The number of benzene rings is 1. The van der Waals surface area contributed by atoms with E-state index in [0.717, 1.165) is 0 Å². The van der Waals surface area contributed by atoms with Crippen molar-refractivity contribution in [2.75, 3.05) is 6.61 Å². The van der Waals surface area contributed by atoms with Gasteiger partial charge in [-0.05, 0) is 12.5 Å². The fraction of sp³-hybridized carbons (Fsp3) is 0.467. The third-order valence-electron chi connectivity index (χ3n) is 3.49. The lowest BCUT2D eigenvalue weighted by atomic mass is 9.89. The van der Waals surface area contributed by atoms with E-state index in [-0.39, 0.29) is 17.7 Å². The third kappa shape index (κ3) is 3.30. The number of hydrogen-bond acceptors (Lipinski definition) is 4. The van der Waals surface area contributed by atoms with Crippen molar-refractivity contribution in [1.29, 1.82) is 0 Å². The van der Waals surface area contributed by atoms with Gasteiger partial charge in [0.25, 0.3) is 0 Å². The van der Waals surface area contributed by atoms with Crippen molar-refractivity contribution in [2.24, 2.45) is 0 Å². The molecule has 22 heavy (non-hydrogen) atoms. The molecule has 7 heteroatoms. The lowest BCUT2D eigenvalue weighted by Crippen LogP contribution is -2.25. The summed E-state index contributed by atoms with van der Waals surface area (Å²) in [5.41, 5.74) is 0.0474. The zero-order valence-electron chi connectivity index (χ0n) is 11.9. The number of carbonyl (C=O) groups excluding carboxylic acids is 2. The van der Waals surface area contributed by atoms with Crippen molar-refractivity contribution in [3.8, 4) is 0 Å². The van der Waals surface area contributed by atoms with Crippen LogP contribution in [0.5, 0.6) is 0 Å². The molecule has 0 radical (unpaired) electrons. The molecule has 0 saturated carbocycles. The second-order valence-electron chi connectivity index (χ2n) is 4.93. The van der Waals surface area contributed by atoms with Gasteiger partial charge in [0, 0.05) is 5.56 Å². The van der Waals surface area contributed by atoms with Crippen LogP contribution in [0.15, 0.2) is 24.3 Å². The molecule has 1 fully saturated rings. The van der Waals surface area contributed by atoms with Crippen LogP contribution in [0, 0.1) is 0 Å². The maximum Gasteiger partial charge on any atom is 0.313 e. The Labute approximate surface area is 125 Å². The van der Waals surface area contributed by atoms with Crippen LogP contribution in [-0.4, -0.2) is 37.1 Å². The van der Waals surface area contributed by atoms with Gasteiger partial charge in [-0.1, -0.05) is 24.3 Å². The topological polar surface area (TPSA) is 55.4 Å². The van der Waals surface area contributed by atoms with E-state index in [9.17, 15) is 22.8 Å². The molecule has 0 aromatic heterocycles. The fourth-order valence-electron chi connectivity index (χ4n) is 2.50. The number of rotatable bonds is 5. The number of Topliss-reactive ketones (excluding diaryl/α,β-unsaturated/α-hetero) is 1. The Kier molecular flexibility index (Phi) is 5.18. The van der Waals surface area contributed by atoms with E-state index < -0.39 is 42.9 Å². The first-order chi connectivity index (χ1) is 10.5. The minimum Gasteiger partial charge on any atom is -0.466 e. The molecule has 1 N–H and O–H groups in total. The predicted octanol–water partition coefficient (Wildman–Crippen LogP) is 2.44. The van der Waals surface area contributed by atoms with Crippen molar-refractivity contribution in [1.82, 2.24) is 5.32 Å². The number of ether oxygens (including phenoxy) is 1. The van der Waals surface area contributed by atoms with E-state index in [2.05, 4.69) is 4.74 Å². The van der Waals surface area contributed by atoms with Crippen LogP contribution < -0.4 is 5.32 Å². The molecular formula is C15H16F3NO3. The van der Waals surface area contributed by atoms with Crippen LogP contribution in [0.4, 0.5) is 13.2 Å². The molecule has 0 spiro atoms. The SMILES string of the molecule is CCOC(=O)CC(=O)c1ccccc1C1C(F)NC(F)C1F. The largest absolute Gasteiger partial charge is 0.466 e. The molecule has 1 aromatic carbocycles. The molecule has 0 aliphatic carbocycles. The minimum atomic E-state index is -2.13. The summed E-state index contributed by atoms with van der Waals surface area (Å²) in [6, 6.07) is 5.74. The summed E-state index contributed by atoms with van der Waals surface area (Å²) in [4.78, 5) is 23.5. The maximum absolute atomic E-state index is 13.9. The lowest BCUT2D eigenvalue weighted by molar-refractivity contribution is -0.141. The molecule has 120 valence electrons. The van der Waals surface area contributed by atoms with Crippen molar-refractivity contribution in [3.63, 3.8) is 0 Å². The van der Waals surface area contributed by atoms with Crippen molar-refractivity contribution in [3.05, 3.63) is 35.4 Å². The molecule has 0 amide bonds. The first-order valence-electron chi connectivity index (χ1n) is 6.91. The Morgan fingerprint density at radius 1 is 1.18 bits per heavy atom. The number of carbonyl (C=O) groups is 2. The molecule has 2 rings (SSSR count). The van der Waals surface area contributed by atoms with Crippen LogP contribution in [0.2, 0.25) is 0 Å². The molecule has 4 atom stereocenters. The summed E-state index contributed by atoms with van der Waals surface area (Å²) in [6.07, 6.45) is -6.71. The lowest BCUT2D eigenvalue weighted by Gasteiger charge is -2.18. The number of halogens is 3. The van der Waals surface area contributed by atoms with E-state index in [4.69, 9.17) is 0 Å². The quantitative estimate of drug-likeness (QED) is 0.392. The van der Waals surface area contributed by atoms with E-state index >= 15 is 0 Å². The molecule has 1 saturated heterocycles. The van der Waals surface area contributed by atoms with E-state index in [0.29, 0.717) is 0 Å². The van der Waals surface area contributed by atoms with Crippen molar-refractivity contribution < 1.29 is 27.5 Å². The summed E-state index contributed by atoms with van der Waals surface area (Å²) < 4.78 is 45.6. The third-order valence-corrected chi connectivity index (χ3v) is 3.49. The molecule has 1 aromatic rings. The summed E-state index contributed by atoms with van der Waals surface area (Å²) in [5.74, 6) is -2.77. The molecule has 4 nitrogen and oxygen atoms in total. The Balaban J connectivity index is 2.27. The Bertz CT molecular complexity index is 567. The number of hydrogen-bond donors (Lipinski definition) is 1. The van der Waals surface area contributed by atoms with Crippen LogP contribution in [0.3, 0.4) is 0 Å². The van der Waals surface area contributed by atoms with Gasteiger partial charge in [0.1, 0.15) is 6.42 Å². The van der Waals surface area contributed by atoms with Gasteiger partial charge in [0.05, 0.1) is 12.5 Å². The number of ketones is 1. The first kappa shape index (κ1) is 16.5. The fourth-order valence-corrected chi connectivity index (χ4v) is 2.50. The van der Waals surface area contributed by atoms with Crippen LogP contribution >= 0.6 is 0 Å². The van der Waals surface area contributed by atoms with E-state index in [1.54, 1.807) is 6.92 Å². The molecular weight excluding hydrogens is 299 g/mol. The van der Waals surface area contributed by atoms with Gasteiger partial charge < -0.3 is 4.74 Å². The van der Waals surface area contributed by atoms with Gasteiger partial charge in [-0.25, -0.2) is 13.2 Å². The monoisotopic (exact) mass is 315 g/mol. The molecule has 1 aliphatic rings. The summed E-state index contributed by atoms with van der Waals surface area (Å²) in [7, 11) is 0. The highest BCUT2D eigenvalue weighted by atomic mass is 19.2. The number of alkyl halides is 3. The zero-order chi connectivity index (χ0) is 16.3. The highest BCUT2D eigenvalue weighted by Crippen LogP contribution is 2.36. The Hall–Kier alpha value is -1.89. The van der Waals surface area contributed by atoms with E-state index in [1.165, 1.54) is 24.3 Å². The zero-order valence-corrected chi connectivity index (χ0v) is 11.9. The minimum absolute atomic E-state index is 0.00162. The predicted molar refractivity (Wildman–Crippen MR) is 72.6 cm³/mol. The van der Waals surface area contributed by atoms with Gasteiger partial charge in [-0.3, -0.25) is 14.9 Å². The van der Waals surface area contributed by atoms with Crippen LogP contribution in [-0.2, 0) is 9.53 Å². The smallest absolute Gasteiger partial charge is 0.313 e. The van der Waals surface area contributed by atoms with Crippen LogP contribution in [0.25, 0.3) is 0 Å². The molecule has 1 aliphatic heterocycles. The summed E-state index contributed by atoms with van der Waals surface area (Å²) in [6.45, 7) is 1.73. The number of esters is 1. The van der Waals surface area contributed by atoms with Gasteiger partial charge in [-0.15, -0.1) is 0 Å². The Morgan fingerprint density at radius 2 is 1.86 bits per heavy atom. The van der Waals surface area contributed by atoms with Crippen LogP contribution in [0.1, 0.15) is 35.2 Å². The summed E-state index contributed by atoms with van der Waals surface area (Å²) >= 11 is 0. The average molecular weight is 315 g/mol. The first-order valence-corrected chi connectivity index (χ1v) is 6.91. The maximum atomic E-state index is 13.9. The number of nitrogens with one attached hydrogen (secondary N) is 1.